The van der Waals surface area contributed by atoms with E-state index in [1.807, 2.05) is 37.3 Å². The molecule has 0 saturated carbocycles. The van der Waals surface area contributed by atoms with E-state index in [0.29, 0.717) is 11.3 Å². The Morgan fingerprint density at radius 3 is 2.64 bits per heavy atom. The molecular weight excluding hydrogens is 314 g/mol. The van der Waals surface area contributed by atoms with Crippen molar-refractivity contribution in [3.63, 3.8) is 0 Å². The summed E-state index contributed by atoms with van der Waals surface area (Å²) in [4.78, 5) is 14.9. The maximum absolute atomic E-state index is 12.5. The number of ether oxygens (including phenoxy) is 1. The fourth-order valence-electron chi connectivity index (χ4n) is 3.30. The van der Waals surface area contributed by atoms with E-state index in [2.05, 4.69) is 16.3 Å². The number of rotatable bonds is 4. The number of carbonyl (C=O) groups excluding carboxylic acids is 1. The van der Waals surface area contributed by atoms with Gasteiger partial charge in [0.15, 0.2) is 0 Å². The molecule has 0 unspecified atom stereocenters. The number of amides is 1. The van der Waals surface area contributed by atoms with Crippen molar-refractivity contribution in [1.82, 2.24) is 5.32 Å². The molecule has 1 heterocycles. The molecule has 132 valence electrons. The third-order valence-corrected chi connectivity index (χ3v) is 4.76. The Balaban J connectivity index is 1.61. The van der Waals surface area contributed by atoms with E-state index in [-0.39, 0.29) is 11.9 Å². The van der Waals surface area contributed by atoms with Crippen molar-refractivity contribution in [3.05, 3.63) is 53.6 Å². The number of piperidine rings is 1. The average molecular weight is 339 g/mol. The molecule has 1 fully saturated rings. The van der Waals surface area contributed by atoms with Gasteiger partial charge in [0.05, 0.1) is 12.8 Å². The quantitative estimate of drug-likeness (QED) is 0.841. The Labute approximate surface area is 148 Å². The lowest BCUT2D eigenvalue weighted by atomic mass is 10.0. The summed E-state index contributed by atoms with van der Waals surface area (Å²) in [6.45, 7) is 3.71. The van der Waals surface area contributed by atoms with Crippen LogP contribution in [0.4, 0.5) is 11.4 Å². The van der Waals surface area contributed by atoms with Crippen LogP contribution in [0.25, 0.3) is 0 Å². The van der Waals surface area contributed by atoms with Crippen molar-refractivity contribution in [1.29, 1.82) is 0 Å². The molecule has 5 heteroatoms. The van der Waals surface area contributed by atoms with Crippen molar-refractivity contribution < 1.29 is 9.53 Å². The second-order valence-corrected chi connectivity index (χ2v) is 6.48. The van der Waals surface area contributed by atoms with Gasteiger partial charge in [0, 0.05) is 30.4 Å². The predicted molar refractivity (Wildman–Crippen MR) is 101 cm³/mol. The molecule has 1 aliphatic rings. The van der Waals surface area contributed by atoms with Crippen LogP contribution >= 0.6 is 0 Å². The minimum atomic E-state index is -0.0412. The van der Waals surface area contributed by atoms with Gasteiger partial charge in [0.1, 0.15) is 5.75 Å². The number of benzene rings is 2. The summed E-state index contributed by atoms with van der Waals surface area (Å²) in [6.07, 6.45) is 1.82. The molecule has 0 bridgehead atoms. The molecule has 3 N–H and O–H groups in total. The van der Waals surface area contributed by atoms with E-state index in [4.69, 9.17) is 10.5 Å². The second kappa shape index (κ2) is 7.47. The number of para-hydroxylation sites is 2. The zero-order valence-corrected chi connectivity index (χ0v) is 14.8. The SMILES string of the molecule is COc1ccccc1N1CCC(NC(=O)c2cc(N)ccc2C)CC1. The number of aryl methyl sites for hydroxylation is 1. The standard InChI is InChI=1S/C20H25N3O2/c1-14-7-8-15(21)13-17(14)20(24)22-16-9-11-23(12-10-16)18-5-3-4-6-19(18)25-2/h3-8,13,16H,9-12,21H2,1-2H3,(H,22,24). The van der Waals surface area contributed by atoms with Crippen molar-refractivity contribution in [2.24, 2.45) is 0 Å². The first-order chi connectivity index (χ1) is 12.1. The monoisotopic (exact) mass is 339 g/mol. The molecular formula is C20H25N3O2. The third-order valence-electron chi connectivity index (χ3n) is 4.76. The van der Waals surface area contributed by atoms with Gasteiger partial charge in [-0.05, 0) is 49.6 Å². The summed E-state index contributed by atoms with van der Waals surface area (Å²) >= 11 is 0. The molecule has 3 rings (SSSR count). The Hall–Kier alpha value is -2.69. The number of nitrogen functional groups attached to an aromatic ring is 1. The molecule has 1 amide bonds. The molecule has 0 aliphatic carbocycles. The number of nitrogens with zero attached hydrogens (tertiary/aromatic N) is 1. The fraction of sp³-hybridized carbons (Fsp3) is 0.350. The van der Waals surface area contributed by atoms with Gasteiger partial charge in [-0.2, -0.15) is 0 Å². The van der Waals surface area contributed by atoms with Crippen molar-refractivity contribution >= 4 is 17.3 Å². The molecule has 0 radical (unpaired) electrons. The molecule has 0 atom stereocenters. The molecule has 0 aromatic heterocycles. The summed E-state index contributed by atoms with van der Waals surface area (Å²) < 4.78 is 5.45. The van der Waals surface area contributed by atoms with Crippen LogP contribution in [0.1, 0.15) is 28.8 Å². The first-order valence-electron chi connectivity index (χ1n) is 8.63. The Kier molecular flexibility index (Phi) is 5.12. The highest BCUT2D eigenvalue weighted by Crippen LogP contribution is 2.30. The van der Waals surface area contributed by atoms with Crippen molar-refractivity contribution in [2.45, 2.75) is 25.8 Å². The summed E-state index contributed by atoms with van der Waals surface area (Å²) in [6, 6.07) is 13.7. The Morgan fingerprint density at radius 2 is 1.92 bits per heavy atom. The molecule has 5 nitrogen and oxygen atoms in total. The van der Waals surface area contributed by atoms with E-state index in [0.717, 1.165) is 42.9 Å². The summed E-state index contributed by atoms with van der Waals surface area (Å²) in [7, 11) is 1.69. The predicted octanol–water partition coefficient (Wildman–Crippen LogP) is 2.98. The lowest BCUT2D eigenvalue weighted by Crippen LogP contribution is -2.45. The number of carbonyl (C=O) groups is 1. The molecule has 25 heavy (non-hydrogen) atoms. The van der Waals surface area contributed by atoms with Crippen LogP contribution in [0.15, 0.2) is 42.5 Å². The number of hydrogen-bond acceptors (Lipinski definition) is 4. The van der Waals surface area contributed by atoms with Crippen LogP contribution in [0, 0.1) is 6.92 Å². The number of methoxy groups -OCH3 is 1. The summed E-state index contributed by atoms with van der Waals surface area (Å²) in [5, 5.41) is 3.15. The van der Waals surface area contributed by atoms with Crippen LogP contribution in [0.5, 0.6) is 5.75 Å². The zero-order chi connectivity index (χ0) is 17.8. The van der Waals surface area contributed by atoms with E-state index in [1.54, 1.807) is 13.2 Å². The normalized spacial score (nSPS) is 15.0. The first-order valence-corrected chi connectivity index (χ1v) is 8.63. The zero-order valence-electron chi connectivity index (χ0n) is 14.8. The fourth-order valence-corrected chi connectivity index (χ4v) is 3.30. The lowest BCUT2D eigenvalue weighted by molar-refractivity contribution is 0.0930. The van der Waals surface area contributed by atoms with Crippen LogP contribution in [0.2, 0.25) is 0 Å². The van der Waals surface area contributed by atoms with E-state index < -0.39 is 0 Å². The molecule has 0 spiro atoms. The molecule has 2 aromatic carbocycles. The molecule has 1 aliphatic heterocycles. The number of nitrogens with two attached hydrogens (primary N) is 1. The highest BCUT2D eigenvalue weighted by molar-refractivity contribution is 5.96. The van der Waals surface area contributed by atoms with Crippen LogP contribution in [-0.4, -0.2) is 32.1 Å². The van der Waals surface area contributed by atoms with Gasteiger partial charge >= 0.3 is 0 Å². The molecule has 1 saturated heterocycles. The van der Waals surface area contributed by atoms with Crippen LogP contribution < -0.4 is 20.7 Å². The smallest absolute Gasteiger partial charge is 0.251 e. The van der Waals surface area contributed by atoms with E-state index in [1.165, 1.54) is 0 Å². The van der Waals surface area contributed by atoms with Crippen molar-refractivity contribution in [2.75, 3.05) is 30.8 Å². The summed E-state index contributed by atoms with van der Waals surface area (Å²) in [5.74, 6) is 0.848. The highest BCUT2D eigenvalue weighted by atomic mass is 16.5. The topological polar surface area (TPSA) is 67.6 Å². The molecule has 2 aromatic rings. The second-order valence-electron chi connectivity index (χ2n) is 6.48. The summed E-state index contributed by atoms with van der Waals surface area (Å²) in [5.41, 5.74) is 9.14. The van der Waals surface area contributed by atoms with Crippen LogP contribution in [-0.2, 0) is 0 Å². The van der Waals surface area contributed by atoms with Gasteiger partial charge in [0.25, 0.3) is 5.91 Å². The third kappa shape index (κ3) is 3.87. The van der Waals surface area contributed by atoms with Crippen molar-refractivity contribution in [3.8, 4) is 5.75 Å². The van der Waals surface area contributed by atoms with Gasteiger partial charge in [-0.15, -0.1) is 0 Å². The number of hydrogen-bond donors (Lipinski definition) is 2. The number of anilines is 2. The largest absolute Gasteiger partial charge is 0.495 e. The first kappa shape index (κ1) is 17.1. The number of nitrogens with one attached hydrogen (secondary N) is 1. The average Bonchev–Trinajstić information content (AvgIpc) is 2.64. The highest BCUT2D eigenvalue weighted by Gasteiger charge is 2.23. The van der Waals surface area contributed by atoms with Gasteiger partial charge < -0.3 is 20.7 Å². The maximum Gasteiger partial charge on any atom is 0.251 e. The van der Waals surface area contributed by atoms with Gasteiger partial charge in [0.2, 0.25) is 0 Å². The Morgan fingerprint density at radius 1 is 1.20 bits per heavy atom. The minimum absolute atomic E-state index is 0.0412. The minimum Gasteiger partial charge on any atom is -0.495 e. The van der Waals surface area contributed by atoms with Crippen LogP contribution in [0.3, 0.4) is 0 Å². The lowest BCUT2D eigenvalue weighted by Gasteiger charge is -2.34. The van der Waals surface area contributed by atoms with Gasteiger partial charge in [-0.1, -0.05) is 18.2 Å². The maximum atomic E-state index is 12.5. The van der Waals surface area contributed by atoms with E-state index >= 15 is 0 Å². The van der Waals surface area contributed by atoms with Gasteiger partial charge in [-0.3, -0.25) is 4.79 Å². The van der Waals surface area contributed by atoms with Gasteiger partial charge in [-0.25, -0.2) is 0 Å². The Bertz CT molecular complexity index is 752. The van der Waals surface area contributed by atoms with E-state index in [9.17, 15) is 4.79 Å².